The van der Waals surface area contributed by atoms with Gasteiger partial charge in [0.15, 0.2) is 5.65 Å². The number of morpholine rings is 1. The van der Waals surface area contributed by atoms with Crippen molar-refractivity contribution in [2.45, 2.75) is 6.54 Å². The summed E-state index contributed by atoms with van der Waals surface area (Å²) in [5.74, 6) is -0.338. The molecule has 1 aliphatic heterocycles. The van der Waals surface area contributed by atoms with Crippen LogP contribution in [0.5, 0.6) is 0 Å². The molecule has 178 valence electrons. The van der Waals surface area contributed by atoms with Crippen LogP contribution in [0.2, 0.25) is 0 Å². The van der Waals surface area contributed by atoms with E-state index in [0.29, 0.717) is 43.2 Å². The van der Waals surface area contributed by atoms with Crippen molar-refractivity contribution in [1.82, 2.24) is 19.7 Å². The fraction of sp³-hybridized carbons (Fsp3) is 0.231. The van der Waals surface area contributed by atoms with Crippen LogP contribution in [-0.2, 0) is 16.1 Å². The Morgan fingerprint density at radius 2 is 1.63 bits per heavy atom. The number of fused-ring (bicyclic) bond motifs is 1. The third kappa shape index (κ3) is 5.71. The number of anilines is 2. The van der Waals surface area contributed by atoms with Gasteiger partial charge in [0.25, 0.3) is 5.91 Å². The lowest BCUT2D eigenvalue weighted by molar-refractivity contribution is -0.118. The van der Waals surface area contributed by atoms with Gasteiger partial charge in [-0.2, -0.15) is 5.10 Å². The molecule has 35 heavy (non-hydrogen) atoms. The van der Waals surface area contributed by atoms with Crippen LogP contribution in [0.4, 0.5) is 11.4 Å². The van der Waals surface area contributed by atoms with E-state index in [9.17, 15) is 9.59 Å². The Labute approximate surface area is 202 Å². The molecule has 0 atom stereocenters. The zero-order valence-corrected chi connectivity index (χ0v) is 19.2. The van der Waals surface area contributed by atoms with Crippen molar-refractivity contribution in [1.29, 1.82) is 0 Å². The van der Waals surface area contributed by atoms with Gasteiger partial charge in [0.05, 0.1) is 38.1 Å². The molecule has 9 heteroatoms. The second kappa shape index (κ2) is 10.5. The molecule has 3 heterocycles. The van der Waals surface area contributed by atoms with E-state index in [1.165, 1.54) is 0 Å². The fourth-order valence-electron chi connectivity index (χ4n) is 3.97. The summed E-state index contributed by atoms with van der Waals surface area (Å²) in [5, 5.41) is 11.0. The molecule has 2 aromatic carbocycles. The van der Waals surface area contributed by atoms with E-state index in [-0.39, 0.29) is 11.8 Å². The Balaban J connectivity index is 1.19. The molecule has 0 spiro atoms. The molecule has 9 nitrogen and oxygen atoms in total. The Kier molecular flexibility index (Phi) is 6.78. The number of carbonyl (C=O) groups is 2. The number of amides is 2. The molecule has 0 unspecified atom stereocenters. The van der Waals surface area contributed by atoms with E-state index in [1.54, 1.807) is 42.7 Å². The Bertz CT molecular complexity index is 1310. The summed E-state index contributed by atoms with van der Waals surface area (Å²) >= 11 is 0. The highest BCUT2D eigenvalue weighted by molar-refractivity contribution is 6.05. The number of carbonyl (C=O) groups excluding carboxylic acids is 2. The maximum atomic E-state index is 12.8. The number of nitrogens with one attached hydrogen (secondary N) is 2. The summed E-state index contributed by atoms with van der Waals surface area (Å²) in [7, 11) is 0. The molecule has 1 fully saturated rings. The van der Waals surface area contributed by atoms with Gasteiger partial charge in [0.2, 0.25) is 5.91 Å². The van der Waals surface area contributed by atoms with Crippen molar-refractivity contribution in [3.8, 4) is 0 Å². The van der Waals surface area contributed by atoms with Crippen LogP contribution >= 0.6 is 0 Å². The van der Waals surface area contributed by atoms with Crippen molar-refractivity contribution in [3.05, 3.63) is 84.2 Å². The molecule has 0 radical (unpaired) electrons. The zero-order chi connectivity index (χ0) is 24.0. The summed E-state index contributed by atoms with van der Waals surface area (Å²) in [6, 6.07) is 18.9. The van der Waals surface area contributed by atoms with Crippen molar-refractivity contribution in [2.75, 3.05) is 43.5 Å². The average molecular weight is 471 g/mol. The third-order valence-electron chi connectivity index (χ3n) is 5.81. The number of rotatable bonds is 7. The van der Waals surface area contributed by atoms with Crippen LogP contribution in [0.15, 0.2) is 73.1 Å². The minimum Gasteiger partial charge on any atom is -0.379 e. The maximum Gasteiger partial charge on any atom is 0.257 e. The van der Waals surface area contributed by atoms with Gasteiger partial charge in [-0.3, -0.25) is 14.5 Å². The average Bonchev–Trinajstić information content (AvgIpc) is 3.28. The van der Waals surface area contributed by atoms with Gasteiger partial charge >= 0.3 is 0 Å². The smallest absolute Gasteiger partial charge is 0.257 e. The van der Waals surface area contributed by atoms with Crippen molar-refractivity contribution in [3.63, 3.8) is 0 Å². The van der Waals surface area contributed by atoms with Gasteiger partial charge < -0.3 is 15.4 Å². The van der Waals surface area contributed by atoms with Crippen LogP contribution < -0.4 is 10.6 Å². The monoisotopic (exact) mass is 470 g/mol. The molecule has 2 N–H and O–H groups in total. The standard InChI is InChI=1S/C26H26N6O3/c33-24(18-31-10-12-35-13-11-31)29-22-6-8-23(9-7-22)30-26(34)21-14-20-16-28-32(25(20)27-15-21)17-19-4-2-1-3-5-19/h1-9,14-16H,10-13,17-18H2,(H,29,33)(H,30,34). The largest absolute Gasteiger partial charge is 0.379 e. The minimum absolute atomic E-state index is 0.0733. The highest BCUT2D eigenvalue weighted by Gasteiger charge is 2.15. The molecular formula is C26H26N6O3. The van der Waals surface area contributed by atoms with E-state index < -0.39 is 0 Å². The molecule has 4 aromatic rings. The first-order valence-electron chi connectivity index (χ1n) is 11.5. The van der Waals surface area contributed by atoms with Gasteiger partial charge in [-0.15, -0.1) is 0 Å². The SMILES string of the molecule is O=C(CN1CCOCC1)Nc1ccc(NC(=O)c2cnc3c(cnn3Cc3ccccc3)c2)cc1. The normalized spacial score (nSPS) is 14.1. The number of ether oxygens (including phenoxy) is 1. The first kappa shape index (κ1) is 22.7. The molecule has 1 saturated heterocycles. The van der Waals surface area contributed by atoms with Gasteiger partial charge in [-0.1, -0.05) is 30.3 Å². The van der Waals surface area contributed by atoms with E-state index >= 15 is 0 Å². The van der Waals surface area contributed by atoms with E-state index in [1.807, 2.05) is 35.0 Å². The Morgan fingerprint density at radius 1 is 0.914 bits per heavy atom. The van der Waals surface area contributed by atoms with Crippen molar-refractivity contribution >= 4 is 34.2 Å². The summed E-state index contributed by atoms with van der Waals surface area (Å²) in [6.45, 7) is 3.76. The lowest BCUT2D eigenvalue weighted by Crippen LogP contribution is -2.41. The third-order valence-corrected chi connectivity index (χ3v) is 5.81. The predicted molar refractivity (Wildman–Crippen MR) is 133 cm³/mol. The first-order chi connectivity index (χ1) is 17.1. The molecule has 0 aliphatic carbocycles. The van der Waals surface area contributed by atoms with Gasteiger partial charge in [0, 0.05) is 36.0 Å². The minimum atomic E-state index is -0.265. The number of aromatic nitrogens is 3. The van der Waals surface area contributed by atoms with E-state index in [4.69, 9.17) is 4.74 Å². The molecule has 2 aromatic heterocycles. The molecule has 0 saturated carbocycles. The quantitative estimate of drug-likeness (QED) is 0.431. The van der Waals surface area contributed by atoms with Crippen molar-refractivity contribution in [2.24, 2.45) is 0 Å². The highest BCUT2D eigenvalue weighted by atomic mass is 16.5. The van der Waals surface area contributed by atoms with Crippen LogP contribution in [0.1, 0.15) is 15.9 Å². The lowest BCUT2D eigenvalue weighted by Gasteiger charge is -2.25. The lowest BCUT2D eigenvalue weighted by atomic mass is 10.2. The summed E-state index contributed by atoms with van der Waals surface area (Å²) in [6.07, 6.45) is 3.28. The molecule has 0 bridgehead atoms. The number of hydrogen-bond donors (Lipinski definition) is 2. The predicted octanol–water partition coefficient (Wildman–Crippen LogP) is 3.00. The zero-order valence-electron chi connectivity index (χ0n) is 19.2. The molecule has 1 aliphatic rings. The summed E-state index contributed by atoms with van der Waals surface area (Å²) in [4.78, 5) is 31.6. The molecule has 5 rings (SSSR count). The van der Waals surface area contributed by atoms with Crippen molar-refractivity contribution < 1.29 is 14.3 Å². The molecular weight excluding hydrogens is 444 g/mol. The number of nitrogens with zero attached hydrogens (tertiary/aromatic N) is 4. The number of benzene rings is 2. The fourth-order valence-corrected chi connectivity index (χ4v) is 3.97. The maximum absolute atomic E-state index is 12.8. The highest BCUT2D eigenvalue weighted by Crippen LogP contribution is 2.18. The van der Waals surface area contributed by atoms with E-state index in [2.05, 4.69) is 25.6 Å². The summed E-state index contributed by atoms with van der Waals surface area (Å²) in [5.41, 5.74) is 3.60. The van der Waals surface area contributed by atoms with Crippen LogP contribution in [0.25, 0.3) is 11.0 Å². The van der Waals surface area contributed by atoms with Gasteiger partial charge in [-0.05, 0) is 35.9 Å². The second-order valence-electron chi connectivity index (χ2n) is 8.39. The number of hydrogen-bond acceptors (Lipinski definition) is 6. The molecule has 2 amide bonds. The summed E-state index contributed by atoms with van der Waals surface area (Å²) < 4.78 is 7.12. The second-order valence-corrected chi connectivity index (χ2v) is 8.39. The Morgan fingerprint density at radius 3 is 2.37 bits per heavy atom. The number of pyridine rings is 1. The first-order valence-corrected chi connectivity index (χ1v) is 11.5. The van der Waals surface area contributed by atoms with Gasteiger partial charge in [0.1, 0.15) is 0 Å². The van der Waals surface area contributed by atoms with Crippen LogP contribution in [0, 0.1) is 0 Å². The van der Waals surface area contributed by atoms with Crippen LogP contribution in [0.3, 0.4) is 0 Å². The Hall–Kier alpha value is -4.08. The topological polar surface area (TPSA) is 101 Å². The van der Waals surface area contributed by atoms with E-state index in [0.717, 1.165) is 29.7 Å². The van der Waals surface area contributed by atoms with Crippen LogP contribution in [-0.4, -0.2) is 64.3 Å². The van der Waals surface area contributed by atoms with Gasteiger partial charge in [-0.25, -0.2) is 9.67 Å².